The van der Waals surface area contributed by atoms with E-state index < -0.39 is 5.72 Å². The monoisotopic (exact) mass is 395 g/mol. The average Bonchev–Trinajstić information content (AvgIpc) is 2.74. The average molecular weight is 396 g/mol. The van der Waals surface area contributed by atoms with Gasteiger partial charge in [0.2, 0.25) is 0 Å². The summed E-state index contributed by atoms with van der Waals surface area (Å²) in [7, 11) is 3.22. The topological polar surface area (TPSA) is 79.9 Å². The molecule has 29 heavy (non-hydrogen) atoms. The highest BCUT2D eigenvalue weighted by Crippen LogP contribution is 2.32. The zero-order chi connectivity index (χ0) is 21.9. The second-order valence-electron chi connectivity index (χ2n) is 6.54. The molecule has 2 aromatic carbocycles. The number of rotatable bonds is 6. The molecule has 0 aliphatic heterocycles. The first-order chi connectivity index (χ1) is 13.9. The van der Waals surface area contributed by atoms with Crippen molar-refractivity contribution in [1.29, 1.82) is 0 Å². The molecule has 0 heterocycles. The van der Waals surface area contributed by atoms with Crippen molar-refractivity contribution in [2.45, 2.75) is 26.5 Å². The molecular formula is C24H33N3O2. The number of nitrogens with two attached hydrogens (primary N) is 1. The van der Waals surface area contributed by atoms with Gasteiger partial charge in [-0.1, -0.05) is 55.5 Å². The second-order valence-corrected chi connectivity index (χ2v) is 6.54. The van der Waals surface area contributed by atoms with Gasteiger partial charge in [-0.05, 0) is 43.2 Å². The SMILES string of the molecule is C/C=C\C(C)C(O)(NC(N)=NC)c1cccc(-c2cccc(OC)c2)c1.C=CC. The molecule has 0 radical (unpaired) electrons. The third-order valence-electron chi connectivity index (χ3n) is 4.41. The Morgan fingerprint density at radius 3 is 2.34 bits per heavy atom. The Kier molecular flexibility index (Phi) is 9.69. The number of hydrogen-bond acceptors (Lipinski definition) is 3. The Morgan fingerprint density at radius 2 is 1.79 bits per heavy atom. The summed E-state index contributed by atoms with van der Waals surface area (Å²) in [5, 5.41) is 14.4. The van der Waals surface area contributed by atoms with Crippen molar-refractivity contribution in [3.63, 3.8) is 0 Å². The van der Waals surface area contributed by atoms with E-state index in [2.05, 4.69) is 16.9 Å². The quantitative estimate of drug-likeness (QED) is 0.292. The molecule has 0 aromatic heterocycles. The second kappa shape index (κ2) is 11.7. The zero-order valence-corrected chi connectivity index (χ0v) is 18.0. The molecule has 2 atom stereocenters. The van der Waals surface area contributed by atoms with E-state index in [1.807, 2.05) is 81.5 Å². The molecule has 4 N–H and O–H groups in total. The summed E-state index contributed by atoms with van der Waals surface area (Å²) >= 11 is 0. The first-order valence-electron chi connectivity index (χ1n) is 9.53. The van der Waals surface area contributed by atoms with Crippen LogP contribution in [-0.2, 0) is 5.72 Å². The highest BCUT2D eigenvalue weighted by Gasteiger charge is 2.35. The smallest absolute Gasteiger partial charge is 0.190 e. The molecule has 0 bridgehead atoms. The molecule has 2 unspecified atom stereocenters. The van der Waals surface area contributed by atoms with Crippen LogP contribution in [0.1, 0.15) is 26.3 Å². The van der Waals surface area contributed by atoms with Gasteiger partial charge in [0, 0.05) is 18.5 Å². The van der Waals surface area contributed by atoms with Crippen LogP contribution in [-0.4, -0.2) is 25.2 Å². The standard InChI is InChI=1S/C21H27N3O2.C3H6/c1-5-8-15(2)21(25,24-20(22)23-3)18-11-6-9-16(13-18)17-10-7-12-19(14-17)26-4;1-3-2/h5-15,25H,1-4H3,(H3,22,23,24);3H,1H2,2H3/b8-5-;. The number of aliphatic imine (C=N–C) groups is 1. The Hall–Kier alpha value is -3.05. The van der Waals surface area contributed by atoms with Gasteiger partial charge in [-0.15, -0.1) is 6.58 Å². The van der Waals surface area contributed by atoms with Crippen molar-refractivity contribution < 1.29 is 9.84 Å². The lowest BCUT2D eigenvalue weighted by atomic mass is 9.88. The van der Waals surface area contributed by atoms with Gasteiger partial charge in [-0.25, -0.2) is 0 Å². The lowest BCUT2D eigenvalue weighted by Gasteiger charge is -2.34. The summed E-state index contributed by atoms with van der Waals surface area (Å²) in [6.45, 7) is 9.09. The lowest BCUT2D eigenvalue weighted by Crippen LogP contribution is -2.52. The number of allylic oxidation sites excluding steroid dienone is 2. The van der Waals surface area contributed by atoms with Crippen LogP contribution in [0.2, 0.25) is 0 Å². The minimum atomic E-state index is -1.38. The van der Waals surface area contributed by atoms with Crippen LogP contribution in [0.4, 0.5) is 0 Å². The zero-order valence-electron chi connectivity index (χ0n) is 18.0. The molecule has 2 aromatic rings. The van der Waals surface area contributed by atoms with Gasteiger partial charge in [0.15, 0.2) is 11.7 Å². The van der Waals surface area contributed by atoms with Gasteiger partial charge < -0.3 is 20.9 Å². The van der Waals surface area contributed by atoms with E-state index in [4.69, 9.17) is 10.5 Å². The highest BCUT2D eigenvalue weighted by atomic mass is 16.5. The normalized spacial score (nSPS) is 14.3. The number of methoxy groups -OCH3 is 1. The molecule has 0 aliphatic rings. The minimum Gasteiger partial charge on any atom is -0.497 e. The van der Waals surface area contributed by atoms with E-state index in [9.17, 15) is 5.11 Å². The molecule has 2 rings (SSSR count). The maximum absolute atomic E-state index is 11.4. The third kappa shape index (κ3) is 6.50. The van der Waals surface area contributed by atoms with Crippen molar-refractivity contribution in [3.8, 4) is 16.9 Å². The van der Waals surface area contributed by atoms with Gasteiger partial charge in [0.05, 0.1) is 7.11 Å². The number of nitrogens with zero attached hydrogens (tertiary/aromatic N) is 1. The van der Waals surface area contributed by atoms with Gasteiger partial charge in [0.25, 0.3) is 0 Å². The summed E-state index contributed by atoms with van der Waals surface area (Å²) in [6.07, 6.45) is 5.58. The number of nitrogens with one attached hydrogen (secondary N) is 1. The molecule has 0 fully saturated rings. The van der Waals surface area contributed by atoms with Crippen LogP contribution in [0, 0.1) is 5.92 Å². The predicted octanol–water partition coefficient (Wildman–Crippen LogP) is 4.45. The fraction of sp³-hybridized carbons (Fsp3) is 0.292. The number of aliphatic hydroxyl groups is 1. The van der Waals surface area contributed by atoms with Gasteiger partial charge in [-0.2, -0.15) is 0 Å². The molecule has 156 valence electrons. The molecule has 0 saturated carbocycles. The molecular weight excluding hydrogens is 362 g/mol. The minimum absolute atomic E-state index is 0.177. The summed E-state index contributed by atoms with van der Waals surface area (Å²) in [4.78, 5) is 3.93. The van der Waals surface area contributed by atoms with Gasteiger partial charge in [-0.3, -0.25) is 4.99 Å². The van der Waals surface area contributed by atoms with Crippen molar-refractivity contribution in [2.75, 3.05) is 14.2 Å². The summed E-state index contributed by atoms with van der Waals surface area (Å²) in [5.74, 6) is 0.731. The van der Waals surface area contributed by atoms with Crippen molar-refractivity contribution >= 4 is 5.96 Å². The molecule has 0 spiro atoms. The van der Waals surface area contributed by atoms with E-state index in [1.54, 1.807) is 20.2 Å². The fourth-order valence-corrected chi connectivity index (χ4v) is 2.87. The van der Waals surface area contributed by atoms with Crippen LogP contribution in [0.3, 0.4) is 0 Å². The Bertz CT molecular complexity index is 846. The maximum atomic E-state index is 11.4. The largest absolute Gasteiger partial charge is 0.497 e. The fourth-order valence-electron chi connectivity index (χ4n) is 2.87. The number of ether oxygens (including phenoxy) is 1. The van der Waals surface area contributed by atoms with Gasteiger partial charge in [0.1, 0.15) is 5.75 Å². The number of guanidine groups is 1. The van der Waals surface area contributed by atoms with Crippen molar-refractivity contribution in [1.82, 2.24) is 5.32 Å². The van der Waals surface area contributed by atoms with E-state index in [-0.39, 0.29) is 11.9 Å². The van der Waals surface area contributed by atoms with Gasteiger partial charge >= 0.3 is 0 Å². The van der Waals surface area contributed by atoms with E-state index >= 15 is 0 Å². The predicted molar refractivity (Wildman–Crippen MR) is 123 cm³/mol. The first kappa shape index (κ1) is 24.0. The Morgan fingerprint density at radius 1 is 1.21 bits per heavy atom. The molecule has 0 aliphatic carbocycles. The Labute approximate surface area is 174 Å². The summed E-state index contributed by atoms with van der Waals surface area (Å²) in [5.41, 5.74) is 7.15. The van der Waals surface area contributed by atoms with Crippen LogP contribution in [0.15, 0.2) is 78.3 Å². The van der Waals surface area contributed by atoms with Crippen LogP contribution in [0.25, 0.3) is 11.1 Å². The van der Waals surface area contributed by atoms with Crippen LogP contribution >= 0.6 is 0 Å². The number of hydrogen-bond donors (Lipinski definition) is 3. The van der Waals surface area contributed by atoms with Crippen LogP contribution < -0.4 is 15.8 Å². The highest BCUT2D eigenvalue weighted by molar-refractivity contribution is 5.78. The third-order valence-corrected chi connectivity index (χ3v) is 4.41. The van der Waals surface area contributed by atoms with Crippen molar-refractivity contribution in [3.05, 3.63) is 78.9 Å². The van der Waals surface area contributed by atoms with E-state index in [1.165, 1.54) is 0 Å². The van der Waals surface area contributed by atoms with E-state index in [0.29, 0.717) is 5.56 Å². The van der Waals surface area contributed by atoms with E-state index in [0.717, 1.165) is 16.9 Å². The Balaban J connectivity index is 0.00000132. The molecule has 0 saturated heterocycles. The molecule has 5 heteroatoms. The number of benzene rings is 2. The molecule has 0 amide bonds. The molecule has 5 nitrogen and oxygen atoms in total. The first-order valence-corrected chi connectivity index (χ1v) is 9.53. The maximum Gasteiger partial charge on any atom is 0.190 e. The van der Waals surface area contributed by atoms with Crippen LogP contribution in [0.5, 0.6) is 5.75 Å². The lowest BCUT2D eigenvalue weighted by molar-refractivity contribution is -0.0153. The summed E-state index contributed by atoms with van der Waals surface area (Å²) in [6, 6.07) is 15.5. The van der Waals surface area contributed by atoms with Crippen molar-refractivity contribution in [2.24, 2.45) is 16.6 Å². The summed E-state index contributed by atoms with van der Waals surface area (Å²) < 4.78 is 5.31.